The Morgan fingerprint density at radius 2 is 1.80 bits per heavy atom. The first kappa shape index (κ1) is 31.3. The van der Waals surface area contributed by atoms with Gasteiger partial charge < -0.3 is 10.2 Å². The van der Waals surface area contributed by atoms with Crippen LogP contribution in [0.15, 0.2) is 65.5 Å². The maximum atomic E-state index is 14.7. The predicted molar refractivity (Wildman–Crippen MR) is 161 cm³/mol. The Balaban J connectivity index is 1.30. The lowest BCUT2D eigenvalue weighted by Gasteiger charge is -2.29. The van der Waals surface area contributed by atoms with Crippen LogP contribution < -0.4 is 15.8 Å². The number of thiocarbonyl (C=S) groups is 1. The van der Waals surface area contributed by atoms with Gasteiger partial charge in [-0.25, -0.2) is 9.49 Å². The highest BCUT2D eigenvalue weighted by Gasteiger charge is 2.49. The number of alkyl halides is 3. The van der Waals surface area contributed by atoms with Gasteiger partial charge in [0.1, 0.15) is 11.4 Å². The zero-order chi connectivity index (χ0) is 32.7. The number of benzene rings is 3. The number of hydrogen-bond donors (Lipinski definition) is 2. The smallest absolute Gasteiger partial charge is 0.350 e. The molecular formula is C31H24F4N6O3S. The molecular weight excluding hydrogens is 612 g/mol. The molecule has 0 spiro atoms. The summed E-state index contributed by atoms with van der Waals surface area (Å²) in [6, 6.07) is 15.3. The maximum absolute atomic E-state index is 14.7. The van der Waals surface area contributed by atoms with Crippen LogP contribution in [0.1, 0.15) is 46.6 Å². The van der Waals surface area contributed by atoms with Gasteiger partial charge >= 0.3 is 6.18 Å². The SMILES string of the molecule is CC1(C)C(=O)N(c2ccc(C#N)c(C(F)(F)F)c2)C(=S)N1CCNC(=O)c1cc(Cc2n[nH]c(=O)c3ccccc23)ccc1F. The Kier molecular flexibility index (Phi) is 8.15. The average Bonchev–Trinajstić information content (AvgIpc) is 3.17. The van der Waals surface area contributed by atoms with Crippen molar-refractivity contribution in [1.29, 1.82) is 5.26 Å². The van der Waals surface area contributed by atoms with Crippen molar-refractivity contribution < 1.29 is 27.2 Å². The number of hydrogen-bond acceptors (Lipinski definition) is 6. The second-order valence-corrected chi connectivity index (χ2v) is 11.1. The predicted octanol–water partition coefficient (Wildman–Crippen LogP) is 4.69. The van der Waals surface area contributed by atoms with Gasteiger partial charge in [0.2, 0.25) is 0 Å². The number of H-pyrrole nitrogens is 1. The zero-order valence-electron chi connectivity index (χ0n) is 23.8. The fraction of sp³-hybridized carbons (Fsp3) is 0.226. The van der Waals surface area contributed by atoms with E-state index in [2.05, 4.69) is 15.5 Å². The van der Waals surface area contributed by atoms with Crippen molar-refractivity contribution in [1.82, 2.24) is 20.4 Å². The molecule has 4 aromatic rings. The number of anilines is 1. The summed E-state index contributed by atoms with van der Waals surface area (Å²) in [5.41, 5.74) is -2.72. The second kappa shape index (κ2) is 11.7. The molecule has 0 radical (unpaired) electrons. The van der Waals surface area contributed by atoms with Gasteiger partial charge in [-0.1, -0.05) is 24.3 Å². The molecule has 9 nitrogen and oxygen atoms in total. The molecule has 0 saturated carbocycles. The van der Waals surface area contributed by atoms with E-state index < -0.39 is 40.5 Å². The lowest BCUT2D eigenvalue weighted by Crippen LogP contribution is -2.47. The second-order valence-electron chi connectivity index (χ2n) is 10.8. The Bertz CT molecular complexity index is 1970. The van der Waals surface area contributed by atoms with Crippen LogP contribution in [0.3, 0.4) is 0 Å². The highest BCUT2D eigenvalue weighted by Crippen LogP contribution is 2.37. The third-order valence-electron chi connectivity index (χ3n) is 7.55. The van der Waals surface area contributed by atoms with Crippen LogP contribution in [0.4, 0.5) is 23.2 Å². The van der Waals surface area contributed by atoms with E-state index in [1.165, 1.54) is 43.0 Å². The maximum Gasteiger partial charge on any atom is 0.417 e. The van der Waals surface area contributed by atoms with Gasteiger partial charge in [-0.05, 0) is 68.0 Å². The molecule has 1 aliphatic heterocycles. The summed E-state index contributed by atoms with van der Waals surface area (Å²) in [5, 5.41) is 19.3. The molecule has 5 rings (SSSR count). The van der Waals surface area contributed by atoms with Gasteiger partial charge in [0.25, 0.3) is 17.4 Å². The summed E-state index contributed by atoms with van der Waals surface area (Å²) < 4.78 is 55.4. The van der Waals surface area contributed by atoms with Crippen molar-refractivity contribution in [3.8, 4) is 6.07 Å². The van der Waals surface area contributed by atoms with Gasteiger partial charge in [0, 0.05) is 24.9 Å². The van der Waals surface area contributed by atoms with Crippen LogP contribution in [0.5, 0.6) is 0 Å². The standard InChI is InChI=1S/C31H24F4N6O3S/c1-30(2)28(44)41(19-9-8-18(16-36)23(15-19)31(33,34)35)29(45)40(30)12-11-37-26(42)22-13-17(7-10-24(22)32)14-25-20-5-3-4-6-21(20)27(43)39-38-25/h3-10,13,15H,11-12,14H2,1-2H3,(H,37,42)(H,39,43). The van der Waals surface area contributed by atoms with Gasteiger partial charge in [-0.3, -0.25) is 19.3 Å². The lowest BCUT2D eigenvalue weighted by atomic mass is 10.0. The molecule has 0 unspecified atom stereocenters. The van der Waals surface area contributed by atoms with E-state index in [1.54, 1.807) is 24.3 Å². The molecule has 45 heavy (non-hydrogen) atoms. The molecule has 2 N–H and O–H groups in total. The number of rotatable bonds is 7. The summed E-state index contributed by atoms with van der Waals surface area (Å²) in [4.78, 5) is 40.8. The van der Waals surface area contributed by atoms with Crippen LogP contribution in [0, 0.1) is 17.1 Å². The van der Waals surface area contributed by atoms with Gasteiger partial charge in [-0.2, -0.15) is 23.5 Å². The van der Waals surface area contributed by atoms with Crippen LogP contribution in [-0.2, 0) is 17.4 Å². The Hall–Kier alpha value is -5.16. The largest absolute Gasteiger partial charge is 0.417 e. The number of carbonyl (C=O) groups excluding carboxylic acids is 2. The van der Waals surface area contributed by atoms with E-state index in [0.29, 0.717) is 28.1 Å². The Morgan fingerprint density at radius 3 is 2.49 bits per heavy atom. The van der Waals surface area contributed by atoms with Crippen molar-refractivity contribution in [3.05, 3.63) is 105 Å². The molecule has 1 fully saturated rings. The lowest BCUT2D eigenvalue weighted by molar-refractivity contribution is -0.137. The zero-order valence-corrected chi connectivity index (χ0v) is 24.6. The topological polar surface area (TPSA) is 122 Å². The minimum absolute atomic E-state index is 0.0170. The van der Waals surface area contributed by atoms with E-state index >= 15 is 0 Å². The quantitative estimate of drug-likeness (QED) is 0.223. The van der Waals surface area contributed by atoms with E-state index in [9.17, 15) is 31.9 Å². The highest BCUT2D eigenvalue weighted by atomic mass is 32.1. The molecule has 3 aromatic carbocycles. The third kappa shape index (κ3) is 5.86. The van der Waals surface area contributed by atoms with Crippen molar-refractivity contribution >= 4 is 45.6 Å². The molecule has 2 heterocycles. The van der Waals surface area contributed by atoms with Crippen molar-refractivity contribution in [2.24, 2.45) is 0 Å². The molecule has 0 aliphatic carbocycles. The van der Waals surface area contributed by atoms with Crippen molar-refractivity contribution in [2.75, 3.05) is 18.0 Å². The van der Waals surface area contributed by atoms with E-state index in [1.807, 2.05) is 0 Å². The van der Waals surface area contributed by atoms with E-state index in [4.69, 9.17) is 17.5 Å². The summed E-state index contributed by atoms with van der Waals surface area (Å²) >= 11 is 5.47. The first-order valence-electron chi connectivity index (χ1n) is 13.5. The molecule has 1 saturated heterocycles. The Morgan fingerprint density at radius 1 is 1.09 bits per heavy atom. The summed E-state index contributed by atoms with van der Waals surface area (Å²) in [6.07, 6.45) is -4.63. The molecule has 0 bridgehead atoms. The number of nitrogens with zero attached hydrogens (tertiary/aromatic N) is 4. The third-order valence-corrected chi connectivity index (χ3v) is 7.96. The average molecular weight is 637 g/mol. The van der Waals surface area contributed by atoms with Gasteiger partial charge in [-0.15, -0.1) is 0 Å². The van der Waals surface area contributed by atoms with Crippen LogP contribution in [0.2, 0.25) is 0 Å². The minimum Gasteiger partial charge on any atom is -0.350 e. The van der Waals surface area contributed by atoms with Gasteiger partial charge in [0.15, 0.2) is 5.11 Å². The summed E-state index contributed by atoms with van der Waals surface area (Å²) in [7, 11) is 0. The summed E-state index contributed by atoms with van der Waals surface area (Å²) in [6.45, 7) is 2.97. The summed E-state index contributed by atoms with van der Waals surface area (Å²) in [5.74, 6) is -2.10. The molecule has 2 amide bonds. The van der Waals surface area contributed by atoms with Crippen LogP contribution >= 0.6 is 12.2 Å². The fourth-order valence-electron chi connectivity index (χ4n) is 5.17. The number of fused-ring (bicyclic) bond motifs is 1. The first-order valence-corrected chi connectivity index (χ1v) is 13.9. The monoisotopic (exact) mass is 636 g/mol. The molecule has 0 atom stereocenters. The molecule has 14 heteroatoms. The number of halogens is 4. The van der Waals surface area contributed by atoms with Crippen LogP contribution in [0.25, 0.3) is 10.8 Å². The van der Waals surface area contributed by atoms with E-state index in [-0.39, 0.29) is 41.4 Å². The van der Waals surface area contributed by atoms with Crippen molar-refractivity contribution in [3.63, 3.8) is 0 Å². The number of nitrogens with one attached hydrogen (secondary N) is 2. The molecule has 1 aliphatic rings. The number of aromatic amines is 1. The number of carbonyl (C=O) groups is 2. The van der Waals surface area contributed by atoms with Crippen molar-refractivity contribution in [2.45, 2.75) is 32.0 Å². The highest BCUT2D eigenvalue weighted by molar-refractivity contribution is 7.80. The number of nitriles is 1. The normalized spacial score (nSPS) is 14.6. The van der Waals surface area contributed by atoms with Crippen LogP contribution in [-0.4, -0.2) is 50.7 Å². The van der Waals surface area contributed by atoms with E-state index in [0.717, 1.165) is 17.0 Å². The minimum atomic E-state index is -4.83. The molecule has 1 aromatic heterocycles. The molecule has 230 valence electrons. The first-order chi connectivity index (χ1) is 21.2. The number of amides is 2. The fourth-order valence-corrected chi connectivity index (χ4v) is 5.68. The Labute approximate surface area is 259 Å². The van der Waals surface area contributed by atoms with Gasteiger partial charge in [0.05, 0.1) is 39.5 Å². The number of aromatic nitrogens is 2.